The zero-order valence-corrected chi connectivity index (χ0v) is 21.9. The molecule has 0 bridgehead atoms. The Morgan fingerprint density at radius 3 is 2.71 bits per heavy atom. The minimum atomic E-state index is 0.138. The number of halogens is 1. The van der Waals surface area contributed by atoms with Crippen molar-refractivity contribution in [2.24, 2.45) is 0 Å². The van der Waals surface area contributed by atoms with Crippen LogP contribution in [0.2, 0.25) is 5.02 Å². The van der Waals surface area contributed by atoms with E-state index in [0.717, 1.165) is 63.0 Å². The van der Waals surface area contributed by atoms with Gasteiger partial charge in [-0.2, -0.15) is 0 Å². The highest BCUT2D eigenvalue weighted by Crippen LogP contribution is 2.36. The lowest BCUT2D eigenvalue weighted by Crippen LogP contribution is -2.44. The van der Waals surface area contributed by atoms with Crippen LogP contribution in [-0.2, 0) is 24.9 Å². The lowest BCUT2D eigenvalue weighted by Gasteiger charge is -2.40. The first-order valence-electron chi connectivity index (χ1n) is 12.4. The van der Waals surface area contributed by atoms with Gasteiger partial charge in [0.2, 0.25) is 0 Å². The molecule has 1 N–H and O–H groups in total. The molecule has 0 fully saturated rings. The number of fused-ring (bicyclic) bond motifs is 2. The highest BCUT2D eigenvalue weighted by molar-refractivity contribution is 6.32. The van der Waals surface area contributed by atoms with Gasteiger partial charge in [-0.05, 0) is 67.5 Å². The van der Waals surface area contributed by atoms with E-state index < -0.39 is 0 Å². The molecular weight excluding hydrogens is 456 g/mol. The van der Waals surface area contributed by atoms with Crippen LogP contribution in [0.25, 0.3) is 0 Å². The Labute approximate surface area is 213 Å². The van der Waals surface area contributed by atoms with Crippen LogP contribution in [-0.4, -0.2) is 60.0 Å². The van der Waals surface area contributed by atoms with E-state index in [2.05, 4.69) is 77.2 Å². The Morgan fingerprint density at radius 2 is 1.91 bits per heavy atom. The van der Waals surface area contributed by atoms with Crippen LogP contribution in [0, 0.1) is 0 Å². The molecule has 184 valence electrons. The molecule has 5 rings (SSSR count). The summed E-state index contributed by atoms with van der Waals surface area (Å²) in [6, 6.07) is 12.7. The van der Waals surface area contributed by atoms with Gasteiger partial charge in [0.15, 0.2) is 0 Å². The number of likely N-dealkylation sites (N-methyl/N-ethyl adjacent to an activating group) is 1. The SMILES string of the molecule is CN(C)CCN1Cc2cc(Nc3nccc4c3CCN(c3ncccc3Cl)C4)ccc2C(C)(C)C1. The standard InChI is InChI=1S/C28H35ClN6/c1-28(2)19-34(15-14-33(3)4)17-21-16-22(7-8-24(21)28)32-26-23-10-13-35(18-20(23)9-12-30-26)27-25(29)6-5-11-31-27/h5-9,11-12,16H,10,13-15,17-19H2,1-4H3,(H,30,32). The van der Waals surface area contributed by atoms with E-state index in [9.17, 15) is 0 Å². The number of anilines is 3. The molecule has 1 aromatic carbocycles. The number of aromatic nitrogens is 2. The van der Waals surface area contributed by atoms with Crippen LogP contribution >= 0.6 is 11.6 Å². The summed E-state index contributed by atoms with van der Waals surface area (Å²) in [5.41, 5.74) is 6.65. The van der Waals surface area contributed by atoms with E-state index >= 15 is 0 Å². The molecule has 0 saturated heterocycles. The molecule has 2 aliphatic heterocycles. The Balaban J connectivity index is 1.36. The fraction of sp³-hybridized carbons (Fsp3) is 0.429. The number of hydrogen-bond donors (Lipinski definition) is 1. The van der Waals surface area contributed by atoms with Crippen molar-refractivity contribution < 1.29 is 0 Å². The first-order valence-corrected chi connectivity index (χ1v) is 12.8. The molecule has 0 aliphatic carbocycles. The van der Waals surface area contributed by atoms with E-state index in [4.69, 9.17) is 16.6 Å². The maximum absolute atomic E-state index is 6.41. The van der Waals surface area contributed by atoms with Crippen LogP contribution in [0.3, 0.4) is 0 Å². The number of hydrogen-bond acceptors (Lipinski definition) is 6. The maximum Gasteiger partial charge on any atom is 0.147 e. The van der Waals surface area contributed by atoms with Crippen molar-refractivity contribution in [1.29, 1.82) is 0 Å². The minimum Gasteiger partial charge on any atom is -0.351 e. The first kappa shape index (κ1) is 24.0. The average molecular weight is 491 g/mol. The minimum absolute atomic E-state index is 0.138. The Kier molecular flexibility index (Phi) is 6.71. The number of pyridine rings is 2. The smallest absolute Gasteiger partial charge is 0.147 e. The first-order chi connectivity index (χ1) is 16.8. The number of nitrogens with zero attached hydrogens (tertiary/aromatic N) is 5. The topological polar surface area (TPSA) is 47.5 Å². The van der Waals surface area contributed by atoms with Gasteiger partial charge in [-0.25, -0.2) is 9.97 Å². The Hall–Kier alpha value is -2.67. The number of rotatable bonds is 6. The molecule has 2 aliphatic rings. The monoisotopic (exact) mass is 490 g/mol. The Morgan fingerprint density at radius 1 is 1.06 bits per heavy atom. The van der Waals surface area contributed by atoms with Crippen molar-refractivity contribution in [2.45, 2.75) is 38.8 Å². The van der Waals surface area contributed by atoms with Crippen molar-refractivity contribution in [1.82, 2.24) is 19.8 Å². The van der Waals surface area contributed by atoms with E-state index in [1.165, 1.54) is 22.3 Å². The summed E-state index contributed by atoms with van der Waals surface area (Å²) in [5.74, 6) is 1.80. The van der Waals surface area contributed by atoms with Crippen LogP contribution in [0.1, 0.15) is 36.1 Å². The summed E-state index contributed by atoms with van der Waals surface area (Å²) in [5, 5.41) is 4.34. The number of nitrogens with one attached hydrogen (secondary N) is 1. The molecule has 2 aromatic heterocycles. The van der Waals surface area contributed by atoms with E-state index in [1.54, 1.807) is 6.20 Å². The summed E-state index contributed by atoms with van der Waals surface area (Å²) in [6.07, 6.45) is 4.60. The third kappa shape index (κ3) is 5.15. The van der Waals surface area contributed by atoms with Gasteiger partial charge in [-0.15, -0.1) is 0 Å². The fourth-order valence-electron chi connectivity index (χ4n) is 5.43. The molecule has 0 unspecified atom stereocenters. The lowest BCUT2D eigenvalue weighted by molar-refractivity contribution is 0.178. The lowest BCUT2D eigenvalue weighted by atomic mass is 9.78. The van der Waals surface area contributed by atoms with Crippen LogP contribution in [0.5, 0.6) is 0 Å². The molecule has 7 heteroatoms. The normalized spacial score (nSPS) is 17.3. The molecule has 6 nitrogen and oxygen atoms in total. The molecule has 0 amide bonds. The average Bonchev–Trinajstić information content (AvgIpc) is 2.82. The van der Waals surface area contributed by atoms with Gasteiger partial charge >= 0.3 is 0 Å². The third-order valence-corrected chi connectivity index (χ3v) is 7.45. The summed E-state index contributed by atoms with van der Waals surface area (Å²) in [6.45, 7) is 10.6. The van der Waals surface area contributed by atoms with Crippen molar-refractivity contribution in [3.8, 4) is 0 Å². The second-order valence-electron chi connectivity index (χ2n) is 10.7. The van der Waals surface area contributed by atoms with E-state index in [0.29, 0.717) is 5.02 Å². The van der Waals surface area contributed by atoms with Gasteiger partial charge in [0, 0.05) is 68.3 Å². The van der Waals surface area contributed by atoms with Crippen molar-refractivity contribution in [3.05, 3.63) is 76.1 Å². The largest absolute Gasteiger partial charge is 0.351 e. The molecule has 35 heavy (non-hydrogen) atoms. The zero-order chi connectivity index (χ0) is 24.6. The second kappa shape index (κ2) is 9.76. The molecule has 4 heterocycles. The Bertz CT molecular complexity index is 1210. The van der Waals surface area contributed by atoms with Gasteiger partial charge < -0.3 is 15.1 Å². The highest BCUT2D eigenvalue weighted by Gasteiger charge is 2.31. The molecule has 0 spiro atoms. The second-order valence-corrected chi connectivity index (χ2v) is 11.1. The molecule has 0 radical (unpaired) electrons. The van der Waals surface area contributed by atoms with Gasteiger partial charge in [0.1, 0.15) is 11.6 Å². The quantitative estimate of drug-likeness (QED) is 0.519. The van der Waals surface area contributed by atoms with Crippen molar-refractivity contribution >= 4 is 28.9 Å². The highest BCUT2D eigenvalue weighted by atomic mass is 35.5. The van der Waals surface area contributed by atoms with E-state index in [-0.39, 0.29) is 5.41 Å². The molecule has 0 atom stereocenters. The van der Waals surface area contributed by atoms with E-state index in [1.807, 2.05) is 18.3 Å². The molecule has 0 saturated carbocycles. The fourth-order valence-corrected chi connectivity index (χ4v) is 5.67. The predicted octanol–water partition coefficient (Wildman–Crippen LogP) is 5.09. The summed E-state index contributed by atoms with van der Waals surface area (Å²) < 4.78 is 0. The van der Waals surface area contributed by atoms with Gasteiger partial charge in [-0.1, -0.05) is 31.5 Å². The summed E-state index contributed by atoms with van der Waals surface area (Å²) in [7, 11) is 4.28. The van der Waals surface area contributed by atoms with Crippen molar-refractivity contribution in [3.63, 3.8) is 0 Å². The molecular formula is C28H35ClN6. The zero-order valence-electron chi connectivity index (χ0n) is 21.2. The van der Waals surface area contributed by atoms with Crippen molar-refractivity contribution in [2.75, 3.05) is 50.5 Å². The van der Waals surface area contributed by atoms with Crippen LogP contribution in [0.4, 0.5) is 17.3 Å². The third-order valence-electron chi connectivity index (χ3n) is 7.16. The molecule has 3 aromatic rings. The van der Waals surface area contributed by atoms with Gasteiger partial charge in [0.05, 0.1) is 5.02 Å². The van der Waals surface area contributed by atoms with Gasteiger partial charge in [-0.3, -0.25) is 4.90 Å². The predicted molar refractivity (Wildman–Crippen MR) is 145 cm³/mol. The van der Waals surface area contributed by atoms with Crippen LogP contribution < -0.4 is 10.2 Å². The van der Waals surface area contributed by atoms with Gasteiger partial charge in [0.25, 0.3) is 0 Å². The maximum atomic E-state index is 6.41. The summed E-state index contributed by atoms with van der Waals surface area (Å²) in [4.78, 5) is 16.3. The summed E-state index contributed by atoms with van der Waals surface area (Å²) >= 11 is 6.41. The van der Waals surface area contributed by atoms with Crippen LogP contribution in [0.15, 0.2) is 48.8 Å². The number of benzene rings is 1.